The van der Waals surface area contributed by atoms with Gasteiger partial charge in [0.05, 0.1) is 0 Å². The van der Waals surface area contributed by atoms with E-state index < -0.39 is 11.5 Å². The van der Waals surface area contributed by atoms with E-state index >= 15 is 0 Å². The summed E-state index contributed by atoms with van der Waals surface area (Å²) in [5.74, 6) is -0.941. The van der Waals surface area contributed by atoms with Crippen LogP contribution in [-0.4, -0.2) is 67.2 Å². The summed E-state index contributed by atoms with van der Waals surface area (Å²) < 4.78 is 0. The van der Waals surface area contributed by atoms with Gasteiger partial charge >= 0.3 is 5.97 Å². The first kappa shape index (κ1) is 14.3. The van der Waals surface area contributed by atoms with Crippen molar-refractivity contribution < 1.29 is 9.90 Å². The number of aliphatic carboxylic acids is 1. The van der Waals surface area contributed by atoms with Crippen LogP contribution in [0.3, 0.4) is 0 Å². The molecule has 0 amide bonds. The summed E-state index contributed by atoms with van der Waals surface area (Å²) in [5.41, 5.74) is 4.51. The first-order valence-corrected chi connectivity index (χ1v) is 5.11. The molecule has 0 rings (SSSR count). The fraction of sp³-hybridized carbons (Fsp3) is 0.900. The molecule has 0 radical (unpaired) electrons. The molecule has 0 aliphatic heterocycles. The van der Waals surface area contributed by atoms with E-state index in [1.807, 2.05) is 21.1 Å². The van der Waals surface area contributed by atoms with Gasteiger partial charge in [-0.3, -0.25) is 4.79 Å². The Labute approximate surface area is 91.8 Å². The summed E-state index contributed by atoms with van der Waals surface area (Å²) in [6.45, 7) is 4.13. The van der Waals surface area contributed by atoms with E-state index in [1.165, 1.54) is 0 Å². The van der Waals surface area contributed by atoms with Crippen molar-refractivity contribution in [3.63, 3.8) is 0 Å². The summed E-state index contributed by atoms with van der Waals surface area (Å²) in [4.78, 5) is 14.9. The number of likely N-dealkylation sites (N-methyl/N-ethyl adjacent to an activating group) is 2. The van der Waals surface area contributed by atoms with Crippen LogP contribution in [0.5, 0.6) is 0 Å². The smallest absolute Gasteiger partial charge is 0.323 e. The van der Waals surface area contributed by atoms with E-state index in [-0.39, 0.29) is 0 Å². The van der Waals surface area contributed by atoms with Gasteiger partial charge in [0, 0.05) is 19.6 Å². The van der Waals surface area contributed by atoms with Crippen molar-refractivity contribution in [1.29, 1.82) is 0 Å². The Morgan fingerprint density at radius 1 is 1.27 bits per heavy atom. The highest BCUT2D eigenvalue weighted by Gasteiger charge is 2.27. The average molecular weight is 217 g/mol. The standard InChI is InChI=1S/C10H23N3O2/c1-10(11,9(14)15)5-6-13(4)8-7-12(2)3/h5-8,11H2,1-4H3,(H,14,15). The van der Waals surface area contributed by atoms with E-state index in [9.17, 15) is 4.79 Å². The second-order valence-corrected chi connectivity index (χ2v) is 4.58. The second-order valence-electron chi connectivity index (χ2n) is 4.58. The number of carboxylic acids is 1. The van der Waals surface area contributed by atoms with Gasteiger partial charge in [-0.25, -0.2) is 0 Å². The lowest BCUT2D eigenvalue weighted by molar-refractivity contribution is -0.143. The van der Waals surface area contributed by atoms with Gasteiger partial charge in [-0.2, -0.15) is 0 Å². The van der Waals surface area contributed by atoms with E-state index in [0.29, 0.717) is 13.0 Å². The van der Waals surface area contributed by atoms with Crippen molar-refractivity contribution in [3.8, 4) is 0 Å². The van der Waals surface area contributed by atoms with Gasteiger partial charge in [0.2, 0.25) is 0 Å². The molecule has 1 unspecified atom stereocenters. The number of nitrogens with zero attached hydrogens (tertiary/aromatic N) is 2. The summed E-state index contributed by atoms with van der Waals surface area (Å²) in [6.07, 6.45) is 0.465. The summed E-state index contributed by atoms with van der Waals surface area (Å²) in [5, 5.41) is 8.82. The van der Waals surface area contributed by atoms with Crippen LogP contribution in [0.25, 0.3) is 0 Å². The molecule has 0 aromatic heterocycles. The third kappa shape index (κ3) is 6.43. The topological polar surface area (TPSA) is 69.8 Å². The molecular weight excluding hydrogens is 194 g/mol. The SMILES string of the molecule is CN(C)CCN(C)CCC(C)(N)C(=O)O. The number of hydrogen-bond donors (Lipinski definition) is 2. The molecule has 0 spiro atoms. The number of hydrogen-bond acceptors (Lipinski definition) is 4. The van der Waals surface area contributed by atoms with Gasteiger partial charge in [0.25, 0.3) is 0 Å². The molecule has 0 saturated carbocycles. The molecule has 90 valence electrons. The van der Waals surface area contributed by atoms with Crippen LogP contribution in [0, 0.1) is 0 Å². The Balaban J connectivity index is 3.80. The van der Waals surface area contributed by atoms with Crippen LogP contribution in [0.15, 0.2) is 0 Å². The Morgan fingerprint density at radius 3 is 2.20 bits per heavy atom. The fourth-order valence-electron chi connectivity index (χ4n) is 1.01. The Kier molecular flexibility index (Phi) is 5.79. The monoisotopic (exact) mass is 217 g/mol. The Bertz CT molecular complexity index is 205. The van der Waals surface area contributed by atoms with Crippen molar-refractivity contribution >= 4 is 5.97 Å². The quantitative estimate of drug-likeness (QED) is 0.611. The molecule has 0 aromatic rings. The van der Waals surface area contributed by atoms with Gasteiger partial charge in [-0.05, 0) is 34.5 Å². The van der Waals surface area contributed by atoms with Crippen molar-refractivity contribution in [3.05, 3.63) is 0 Å². The van der Waals surface area contributed by atoms with E-state index in [4.69, 9.17) is 10.8 Å². The van der Waals surface area contributed by atoms with Gasteiger partial charge in [0.1, 0.15) is 5.54 Å². The van der Waals surface area contributed by atoms with Crippen LogP contribution in [0.4, 0.5) is 0 Å². The summed E-state index contributed by atoms with van der Waals surface area (Å²) in [7, 11) is 6.00. The van der Waals surface area contributed by atoms with Crippen molar-refractivity contribution in [1.82, 2.24) is 9.80 Å². The number of carbonyl (C=O) groups is 1. The zero-order valence-corrected chi connectivity index (χ0v) is 10.2. The van der Waals surface area contributed by atoms with Gasteiger partial charge in [-0.15, -0.1) is 0 Å². The maximum Gasteiger partial charge on any atom is 0.323 e. The van der Waals surface area contributed by atoms with Gasteiger partial charge in [0.15, 0.2) is 0 Å². The molecule has 15 heavy (non-hydrogen) atoms. The van der Waals surface area contributed by atoms with Crippen molar-refractivity contribution in [2.45, 2.75) is 18.9 Å². The number of carboxylic acid groups (broad SMARTS) is 1. The predicted octanol–water partition coefficient (Wildman–Crippen LogP) is -0.328. The molecule has 0 saturated heterocycles. The molecule has 0 bridgehead atoms. The summed E-state index contributed by atoms with van der Waals surface area (Å²) >= 11 is 0. The van der Waals surface area contributed by atoms with E-state index in [0.717, 1.165) is 13.1 Å². The lowest BCUT2D eigenvalue weighted by atomic mass is 10.00. The highest BCUT2D eigenvalue weighted by molar-refractivity contribution is 5.77. The molecule has 0 aromatic carbocycles. The average Bonchev–Trinajstić information content (AvgIpc) is 2.11. The third-order valence-electron chi connectivity index (χ3n) is 2.43. The van der Waals surface area contributed by atoms with Crippen LogP contribution in [-0.2, 0) is 4.79 Å². The first-order chi connectivity index (χ1) is 6.75. The van der Waals surface area contributed by atoms with Gasteiger partial charge in [-0.1, -0.05) is 0 Å². The molecule has 0 fully saturated rings. The Morgan fingerprint density at radius 2 is 1.80 bits per heavy atom. The minimum atomic E-state index is -1.12. The molecular formula is C10H23N3O2. The van der Waals surface area contributed by atoms with Crippen molar-refractivity contribution in [2.24, 2.45) is 5.73 Å². The lowest BCUT2D eigenvalue weighted by Gasteiger charge is -2.24. The number of rotatable bonds is 7. The van der Waals surface area contributed by atoms with Crippen molar-refractivity contribution in [2.75, 3.05) is 40.8 Å². The van der Waals surface area contributed by atoms with Crippen LogP contribution in [0.2, 0.25) is 0 Å². The molecule has 5 heteroatoms. The largest absolute Gasteiger partial charge is 0.480 e. The first-order valence-electron chi connectivity index (χ1n) is 5.11. The molecule has 3 N–H and O–H groups in total. The molecule has 1 atom stereocenters. The minimum absolute atomic E-state index is 0.465. The molecule has 0 heterocycles. The van der Waals surface area contributed by atoms with Crippen LogP contribution < -0.4 is 5.73 Å². The van der Waals surface area contributed by atoms with Crippen LogP contribution in [0.1, 0.15) is 13.3 Å². The predicted molar refractivity (Wildman–Crippen MR) is 60.9 cm³/mol. The second kappa shape index (κ2) is 6.05. The maximum absolute atomic E-state index is 10.7. The zero-order valence-electron chi connectivity index (χ0n) is 10.2. The molecule has 0 aliphatic carbocycles. The number of nitrogens with two attached hydrogens (primary N) is 1. The van der Waals surface area contributed by atoms with E-state index in [1.54, 1.807) is 6.92 Å². The fourth-order valence-corrected chi connectivity index (χ4v) is 1.01. The zero-order chi connectivity index (χ0) is 12.1. The van der Waals surface area contributed by atoms with E-state index in [2.05, 4.69) is 9.80 Å². The lowest BCUT2D eigenvalue weighted by Crippen LogP contribution is -2.47. The minimum Gasteiger partial charge on any atom is -0.480 e. The third-order valence-corrected chi connectivity index (χ3v) is 2.43. The normalized spacial score (nSPS) is 15.7. The Hall–Kier alpha value is -0.650. The van der Waals surface area contributed by atoms with Gasteiger partial charge < -0.3 is 20.6 Å². The highest BCUT2D eigenvalue weighted by Crippen LogP contribution is 2.06. The highest BCUT2D eigenvalue weighted by atomic mass is 16.4. The van der Waals surface area contributed by atoms with Crippen LogP contribution >= 0.6 is 0 Å². The molecule has 0 aliphatic rings. The molecule has 5 nitrogen and oxygen atoms in total. The summed E-state index contributed by atoms with van der Waals surface area (Å²) in [6, 6.07) is 0. The maximum atomic E-state index is 10.7.